The van der Waals surface area contributed by atoms with E-state index in [0.717, 1.165) is 11.8 Å². The van der Waals surface area contributed by atoms with Gasteiger partial charge in [0.15, 0.2) is 5.41 Å². The van der Waals surface area contributed by atoms with Crippen LogP contribution in [0.2, 0.25) is 0 Å². The van der Waals surface area contributed by atoms with Gasteiger partial charge in [-0.25, -0.2) is 0 Å². The third-order valence-corrected chi connectivity index (χ3v) is 3.08. The Bertz CT molecular complexity index is 235. The normalized spacial score (nSPS) is 18.4. The van der Waals surface area contributed by atoms with Crippen molar-refractivity contribution >= 4 is 27.9 Å². The number of esters is 1. The summed E-state index contributed by atoms with van der Waals surface area (Å²) in [5, 5.41) is 9.65. The Hall–Kier alpha value is -0.580. The number of ether oxygens (including phenoxy) is 1. The van der Waals surface area contributed by atoms with E-state index in [2.05, 4.69) is 15.9 Å². The van der Waals surface area contributed by atoms with Gasteiger partial charge in [-0.05, 0) is 25.7 Å². The molecule has 0 saturated heterocycles. The molecule has 0 spiro atoms. The van der Waals surface area contributed by atoms with Crippen LogP contribution in [-0.2, 0) is 14.3 Å². The summed E-state index contributed by atoms with van der Waals surface area (Å²) in [6.45, 7) is 0.291. The minimum absolute atomic E-state index is 0.291. The molecule has 4 nitrogen and oxygen atoms in total. The van der Waals surface area contributed by atoms with Crippen LogP contribution in [0, 0.1) is 5.41 Å². The molecule has 0 aromatic carbocycles. The molecular weight excluding hydrogens is 252 g/mol. The zero-order valence-corrected chi connectivity index (χ0v) is 9.38. The molecule has 0 radical (unpaired) electrons. The van der Waals surface area contributed by atoms with E-state index in [1.54, 1.807) is 0 Å². The molecule has 0 atom stereocenters. The quantitative estimate of drug-likeness (QED) is 0.354. The van der Waals surface area contributed by atoms with Crippen LogP contribution in [0.5, 0.6) is 0 Å². The van der Waals surface area contributed by atoms with Crippen LogP contribution in [0.1, 0.15) is 25.7 Å². The van der Waals surface area contributed by atoms with Gasteiger partial charge in [0.2, 0.25) is 0 Å². The fourth-order valence-electron chi connectivity index (χ4n) is 1.39. The molecule has 1 rings (SSSR count). The van der Waals surface area contributed by atoms with Crippen molar-refractivity contribution in [2.45, 2.75) is 25.7 Å². The van der Waals surface area contributed by atoms with E-state index in [9.17, 15) is 9.59 Å². The second-order valence-corrected chi connectivity index (χ2v) is 4.21. The molecule has 0 unspecified atom stereocenters. The Kier molecular flexibility index (Phi) is 3.92. The lowest BCUT2D eigenvalue weighted by Gasteiger charge is -2.34. The minimum atomic E-state index is -1.23. The number of hydrogen-bond acceptors (Lipinski definition) is 3. The monoisotopic (exact) mass is 264 g/mol. The van der Waals surface area contributed by atoms with Gasteiger partial charge in [0, 0.05) is 5.33 Å². The molecule has 1 aliphatic carbocycles. The van der Waals surface area contributed by atoms with Gasteiger partial charge in [0.25, 0.3) is 0 Å². The number of carboxylic acid groups (broad SMARTS) is 1. The summed E-state index contributed by atoms with van der Waals surface area (Å²) in [4.78, 5) is 22.3. The van der Waals surface area contributed by atoms with Crippen LogP contribution in [0.3, 0.4) is 0 Å². The molecule has 1 fully saturated rings. The van der Waals surface area contributed by atoms with Crippen molar-refractivity contribution in [3.8, 4) is 0 Å². The first-order valence-corrected chi connectivity index (χ1v) is 5.72. The number of carboxylic acids is 1. The van der Waals surface area contributed by atoms with Crippen molar-refractivity contribution in [3.05, 3.63) is 0 Å². The number of halogens is 1. The number of hydrogen-bond donors (Lipinski definition) is 1. The average Bonchev–Trinajstić information content (AvgIpc) is 2.01. The highest BCUT2D eigenvalue weighted by Gasteiger charge is 2.52. The van der Waals surface area contributed by atoms with Crippen LogP contribution in [0.25, 0.3) is 0 Å². The third-order valence-electron chi connectivity index (χ3n) is 2.52. The predicted molar refractivity (Wildman–Crippen MR) is 53.3 cm³/mol. The Labute approximate surface area is 90.8 Å². The zero-order valence-electron chi connectivity index (χ0n) is 7.79. The largest absolute Gasteiger partial charge is 0.480 e. The molecule has 14 heavy (non-hydrogen) atoms. The van der Waals surface area contributed by atoms with Crippen molar-refractivity contribution in [2.24, 2.45) is 5.41 Å². The Morgan fingerprint density at radius 3 is 2.43 bits per heavy atom. The van der Waals surface area contributed by atoms with Gasteiger partial charge in [0.1, 0.15) is 0 Å². The van der Waals surface area contributed by atoms with E-state index in [1.165, 1.54) is 0 Å². The highest BCUT2D eigenvalue weighted by Crippen LogP contribution is 2.42. The van der Waals surface area contributed by atoms with E-state index < -0.39 is 17.4 Å². The topological polar surface area (TPSA) is 63.6 Å². The molecule has 0 aromatic heterocycles. The van der Waals surface area contributed by atoms with E-state index >= 15 is 0 Å². The molecule has 80 valence electrons. The molecule has 0 aliphatic heterocycles. The summed E-state index contributed by atoms with van der Waals surface area (Å²) in [5.74, 6) is -1.62. The van der Waals surface area contributed by atoms with Crippen LogP contribution >= 0.6 is 15.9 Å². The van der Waals surface area contributed by atoms with Crippen LogP contribution in [-0.4, -0.2) is 29.0 Å². The predicted octanol–water partition coefficient (Wildman–Crippen LogP) is 1.57. The summed E-state index contributed by atoms with van der Waals surface area (Å²) in [7, 11) is 0. The molecule has 0 bridgehead atoms. The maximum Gasteiger partial charge on any atom is 0.323 e. The van der Waals surface area contributed by atoms with E-state index in [-0.39, 0.29) is 0 Å². The van der Waals surface area contributed by atoms with Gasteiger partial charge < -0.3 is 9.84 Å². The molecular formula is C9H13BrO4. The molecule has 1 saturated carbocycles. The van der Waals surface area contributed by atoms with Gasteiger partial charge in [-0.1, -0.05) is 15.9 Å². The lowest BCUT2D eigenvalue weighted by molar-refractivity contribution is -0.175. The summed E-state index contributed by atoms with van der Waals surface area (Å²) < 4.78 is 4.90. The van der Waals surface area contributed by atoms with Gasteiger partial charge in [-0.2, -0.15) is 0 Å². The molecule has 5 heteroatoms. The third kappa shape index (κ3) is 2.08. The standard InChI is InChI=1S/C9H13BrO4/c10-5-2-6-14-8(13)9(7(11)12)3-1-4-9/h1-6H2,(H,11,12). The van der Waals surface area contributed by atoms with E-state index in [0.29, 0.717) is 25.9 Å². The SMILES string of the molecule is O=C(O)C1(C(=O)OCCCBr)CCC1. The second kappa shape index (κ2) is 4.77. The minimum Gasteiger partial charge on any atom is -0.480 e. The Morgan fingerprint density at radius 1 is 1.43 bits per heavy atom. The van der Waals surface area contributed by atoms with Crippen molar-refractivity contribution < 1.29 is 19.4 Å². The molecule has 0 aromatic rings. The highest BCUT2D eigenvalue weighted by molar-refractivity contribution is 9.09. The van der Waals surface area contributed by atoms with Crippen LogP contribution in [0.15, 0.2) is 0 Å². The van der Waals surface area contributed by atoms with E-state index in [1.807, 2.05) is 0 Å². The number of alkyl halides is 1. The molecule has 1 N–H and O–H groups in total. The Balaban J connectivity index is 2.45. The van der Waals surface area contributed by atoms with Gasteiger partial charge in [-0.15, -0.1) is 0 Å². The summed E-state index contributed by atoms with van der Waals surface area (Å²) in [6.07, 6.45) is 2.33. The summed E-state index contributed by atoms with van der Waals surface area (Å²) in [6, 6.07) is 0. The number of rotatable bonds is 5. The van der Waals surface area contributed by atoms with Crippen molar-refractivity contribution in [1.29, 1.82) is 0 Å². The van der Waals surface area contributed by atoms with Crippen molar-refractivity contribution in [3.63, 3.8) is 0 Å². The van der Waals surface area contributed by atoms with Crippen molar-refractivity contribution in [1.82, 2.24) is 0 Å². The second-order valence-electron chi connectivity index (χ2n) is 3.42. The Morgan fingerprint density at radius 2 is 2.07 bits per heavy atom. The maximum atomic E-state index is 11.4. The van der Waals surface area contributed by atoms with Gasteiger partial charge >= 0.3 is 11.9 Å². The molecule has 1 aliphatic rings. The lowest BCUT2D eigenvalue weighted by atomic mass is 9.69. The fourth-order valence-corrected chi connectivity index (χ4v) is 1.62. The molecule has 0 amide bonds. The first kappa shape index (κ1) is 11.5. The summed E-state index contributed by atoms with van der Waals surface area (Å²) >= 11 is 3.20. The van der Waals surface area contributed by atoms with Crippen molar-refractivity contribution in [2.75, 3.05) is 11.9 Å². The maximum absolute atomic E-state index is 11.4. The van der Waals surface area contributed by atoms with E-state index in [4.69, 9.17) is 9.84 Å². The average molecular weight is 265 g/mol. The first-order chi connectivity index (χ1) is 6.63. The van der Waals surface area contributed by atoms with Gasteiger partial charge in [-0.3, -0.25) is 9.59 Å². The van der Waals surface area contributed by atoms with Crippen LogP contribution in [0.4, 0.5) is 0 Å². The van der Waals surface area contributed by atoms with Gasteiger partial charge in [0.05, 0.1) is 6.61 Å². The number of carbonyl (C=O) groups is 2. The van der Waals surface area contributed by atoms with Crippen LogP contribution < -0.4 is 0 Å². The fraction of sp³-hybridized carbons (Fsp3) is 0.778. The smallest absolute Gasteiger partial charge is 0.323 e. The molecule has 0 heterocycles. The first-order valence-electron chi connectivity index (χ1n) is 4.60. The number of carbonyl (C=O) groups excluding carboxylic acids is 1. The lowest BCUT2D eigenvalue weighted by Crippen LogP contribution is -2.46. The highest BCUT2D eigenvalue weighted by atomic mass is 79.9. The zero-order chi connectivity index (χ0) is 10.6. The number of aliphatic carboxylic acids is 1. The summed E-state index contributed by atoms with van der Waals surface area (Å²) in [5.41, 5.74) is -1.23.